The van der Waals surface area contributed by atoms with Crippen LogP contribution in [-0.2, 0) is 4.79 Å². The molecule has 108 valence electrons. The van der Waals surface area contributed by atoms with Gasteiger partial charge < -0.3 is 20.9 Å². The summed E-state index contributed by atoms with van der Waals surface area (Å²) in [6.45, 7) is 1.48. The minimum Gasteiger partial charge on any atom is -0.378 e. The standard InChI is InChI=1S/C14H20N4O2/c1-17(2)11-5-3-10(4-6-11)14(20)18-8-7-16-12(9-18)13(15)19/h3-6,12,16H,7-9H2,1-2H3,(H2,15,19). The number of piperazine rings is 1. The molecule has 1 atom stereocenters. The van der Waals surface area contributed by atoms with Gasteiger partial charge in [-0.05, 0) is 24.3 Å². The van der Waals surface area contributed by atoms with Crippen LogP contribution in [0.5, 0.6) is 0 Å². The molecule has 6 nitrogen and oxygen atoms in total. The Kier molecular flexibility index (Phi) is 4.24. The van der Waals surface area contributed by atoms with E-state index in [4.69, 9.17) is 5.73 Å². The van der Waals surface area contributed by atoms with Crippen molar-refractivity contribution in [2.24, 2.45) is 5.73 Å². The summed E-state index contributed by atoms with van der Waals surface area (Å²) < 4.78 is 0. The van der Waals surface area contributed by atoms with Gasteiger partial charge in [-0.25, -0.2) is 0 Å². The monoisotopic (exact) mass is 276 g/mol. The Hall–Kier alpha value is -2.08. The van der Waals surface area contributed by atoms with E-state index in [1.807, 2.05) is 31.1 Å². The Bertz CT molecular complexity index is 498. The first-order valence-corrected chi connectivity index (χ1v) is 6.58. The molecule has 2 amide bonds. The molecule has 0 saturated carbocycles. The van der Waals surface area contributed by atoms with Gasteiger partial charge in [-0.2, -0.15) is 0 Å². The number of nitrogens with one attached hydrogen (secondary N) is 1. The van der Waals surface area contributed by atoms with Gasteiger partial charge >= 0.3 is 0 Å². The fraction of sp³-hybridized carbons (Fsp3) is 0.429. The highest BCUT2D eigenvalue weighted by molar-refractivity contribution is 5.95. The van der Waals surface area contributed by atoms with E-state index in [1.54, 1.807) is 17.0 Å². The van der Waals surface area contributed by atoms with Crippen LogP contribution in [0.2, 0.25) is 0 Å². The van der Waals surface area contributed by atoms with Crippen molar-refractivity contribution in [2.75, 3.05) is 38.6 Å². The molecule has 1 fully saturated rings. The molecule has 1 aromatic carbocycles. The molecule has 1 aromatic rings. The number of amides is 2. The topological polar surface area (TPSA) is 78.7 Å². The second-order valence-corrected chi connectivity index (χ2v) is 5.10. The van der Waals surface area contributed by atoms with Crippen LogP contribution in [0.1, 0.15) is 10.4 Å². The lowest BCUT2D eigenvalue weighted by atomic mass is 10.1. The van der Waals surface area contributed by atoms with E-state index in [1.165, 1.54) is 0 Å². The first-order chi connectivity index (χ1) is 9.49. The molecule has 1 unspecified atom stereocenters. The average Bonchev–Trinajstić information content (AvgIpc) is 2.46. The van der Waals surface area contributed by atoms with Gasteiger partial charge in [-0.3, -0.25) is 9.59 Å². The fourth-order valence-corrected chi connectivity index (χ4v) is 2.21. The number of anilines is 1. The highest BCUT2D eigenvalue weighted by Gasteiger charge is 2.26. The van der Waals surface area contributed by atoms with E-state index in [2.05, 4.69) is 5.32 Å². The van der Waals surface area contributed by atoms with E-state index in [-0.39, 0.29) is 5.91 Å². The number of hydrogen-bond donors (Lipinski definition) is 2. The first-order valence-electron chi connectivity index (χ1n) is 6.58. The molecular weight excluding hydrogens is 256 g/mol. The smallest absolute Gasteiger partial charge is 0.253 e. The van der Waals surface area contributed by atoms with Crippen LogP contribution in [0.4, 0.5) is 5.69 Å². The third kappa shape index (κ3) is 3.08. The van der Waals surface area contributed by atoms with Gasteiger partial charge in [0.1, 0.15) is 6.04 Å². The van der Waals surface area contributed by atoms with Crippen molar-refractivity contribution in [1.29, 1.82) is 0 Å². The Balaban J connectivity index is 2.08. The second-order valence-electron chi connectivity index (χ2n) is 5.10. The number of rotatable bonds is 3. The predicted molar refractivity (Wildman–Crippen MR) is 77.7 cm³/mol. The van der Waals surface area contributed by atoms with Crippen LogP contribution in [0.15, 0.2) is 24.3 Å². The third-order valence-electron chi connectivity index (χ3n) is 3.44. The quantitative estimate of drug-likeness (QED) is 0.791. The molecule has 1 aliphatic heterocycles. The Morgan fingerprint density at radius 2 is 1.95 bits per heavy atom. The van der Waals surface area contributed by atoms with E-state index in [0.717, 1.165) is 5.69 Å². The van der Waals surface area contributed by atoms with Crippen molar-refractivity contribution in [1.82, 2.24) is 10.2 Å². The van der Waals surface area contributed by atoms with Crippen LogP contribution in [-0.4, -0.2) is 56.5 Å². The van der Waals surface area contributed by atoms with Crippen molar-refractivity contribution in [3.8, 4) is 0 Å². The summed E-state index contributed by atoms with van der Waals surface area (Å²) in [6, 6.07) is 6.95. The van der Waals surface area contributed by atoms with Crippen molar-refractivity contribution in [3.05, 3.63) is 29.8 Å². The van der Waals surface area contributed by atoms with Gasteiger partial charge in [0.15, 0.2) is 0 Å². The molecular formula is C14H20N4O2. The van der Waals surface area contributed by atoms with Gasteiger partial charge in [-0.1, -0.05) is 0 Å². The first kappa shape index (κ1) is 14.3. The summed E-state index contributed by atoms with van der Waals surface area (Å²) in [5.41, 5.74) is 6.94. The molecule has 0 spiro atoms. The van der Waals surface area contributed by atoms with Gasteiger partial charge in [0.05, 0.1) is 0 Å². The lowest BCUT2D eigenvalue weighted by Gasteiger charge is -2.32. The van der Waals surface area contributed by atoms with Crippen molar-refractivity contribution < 1.29 is 9.59 Å². The van der Waals surface area contributed by atoms with Crippen LogP contribution in [0.3, 0.4) is 0 Å². The van der Waals surface area contributed by atoms with Gasteiger partial charge in [0.2, 0.25) is 5.91 Å². The van der Waals surface area contributed by atoms with E-state index in [0.29, 0.717) is 25.2 Å². The second kappa shape index (κ2) is 5.92. The zero-order chi connectivity index (χ0) is 14.7. The SMILES string of the molecule is CN(C)c1ccc(C(=O)N2CCNC(C(N)=O)C2)cc1. The third-order valence-corrected chi connectivity index (χ3v) is 3.44. The van der Waals surface area contributed by atoms with Gasteiger partial charge in [-0.15, -0.1) is 0 Å². The zero-order valence-electron chi connectivity index (χ0n) is 11.8. The lowest BCUT2D eigenvalue weighted by Crippen LogP contribution is -2.57. The molecule has 6 heteroatoms. The Labute approximate surface area is 118 Å². The summed E-state index contributed by atoms with van der Waals surface area (Å²) in [5, 5.41) is 3.00. The number of hydrogen-bond acceptors (Lipinski definition) is 4. The number of nitrogens with zero attached hydrogens (tertiary/aromatic N) is 2. The van der Waals surface area contributed by atoms with Crippen LogP contribution < -0.4 is 16.0 Å². The summed E-state index contributed by atoms with van der Waals surface area (Å²) in [7, 11) is 3.90. The van der Waals surface area contributed by atoms with Crippen LogP contribution >= 0.6 is 0 Å². The zero-order valence-corrected chi connectivity index (χ0v) is 11.8. The van der Waals surface area contributed by atoms with E-state index < -0.39 is 11.9 Å². The number of benzene rings is 1. The maximum Gasteiger partial charge on any atom is 0.253 e. The summed E-state index contributed by atoms with van der Waals surface area (Å²) in [5.74, 6) is -0.492. The highest BCUT2D eigenvalue weighted by atomic mass is 16.2. The maximum absolute atomic E-state index is 12.4. The molecule has 0 bridgehead atoms. The molecule has 3 N–H and O–H groups in total. The van der Waals surface area contributed by atoms with E-state index >= 15 is 0 Å². The van der Waals surface area contributed by atoms with Crippen molar-refractivity contribution in [2.45, 2.75) is 6.04 Å². The van der Waals surface area contributed by atoms with Gasteiger partial charge in [0, 0.05) is 45.0 Å². The molecule has 20 heavy (non-hydrogen) atoms. The number of nitrogens with two attached hydrogens (primary N) is 1. The minimum atomic E-state index is -0.464. The Morgan fingerprint density at radius 1 is 1.30 bits per heavy atom. The van der Waals surface area contributed by atoms with E-state index in [9.17, 15) is 9.59 Å². The molecule has 1 saturated heterocycles. The van der Waals surface area contributed by atoms with Crippen molar-refractivity contribution in [3.63, 3.8) is 0 Å². The molecule has 0 aromatic heterocycles. The molecule has 0 aliphatic carbocycles. The molecule has 2 rings (SSSR count). The predicted octanol–water partition coefficient (Wildman–Crippen LogP) is -0.348. The van der Waals surface area contributed by atoms with Crippen LogP contribution in [0.25, 0.3) is 0 Å². The van der Waals surface area contributed by atoms with Crippen LogP contribution in [0, 0.1) is 0 Å². The average molecular weight is 276 g/mol. The molecule has 1 aliphatic rings. The largest absolute Gasteiger partial charge is 0.378 e. The fourth-order valence-electron chi connectivity index (χ4n) is 2.21. The summed E-state index contributed by atoms with van der Waals surface area (Å²) >= 11 is 0. The molecule has 0 radical (unpaired) electrons. The number of primary amides is 1. The normalized spacial score (nSPS) is 18.7. The minimum absolute atomic E-state index is 0.0666. The summed E-state index contributed by atoms with van der Waals surface area (Å²) in [6.07, 6.45) is 0. The number of carbonyl (C=O) groups is 2. The highest BCUT2D eigenvalue weighted by Crippen LogP contribution is 2.14. The van der Waals surface area contributed by atoms with Gasteiger partial charge in [0.25, 0.3) is 5.91 Å². The summed E-state index contributed by atoms with van der Waals surface area (Å²) in [4.78, 5) is 27.2. The van der Waals surface area contributed by atoms with Crippen molar-refractivity contribution >= 4 is 17.5 Å². The maximum atomic E-state index is 12.4. The number of carbonyl (C=O) groups excluding carboxylic acids is 2. The lowest BCUT2D eigenvalue weighted by molar-refractivity contribution is -0.120. The molecule has 1 heterocycles. The Morgan fingerprint density at radius 3 is 2.50 bits per heavy atom.